The molecule has 3 aromatic rings. The van der Waals surface area contributed by atoms with Crippen LogP contribution in [0.15, 0.2) is 67.1 Å². The van der Waals surface area contributed by atoms with Crippen molar-refractivity contribution in [2.75, 3.05) is 23.5 Å². The van der Waals surface area contributed by atoms with Crippen LogP contribution in [0.25, 0.3) is 11.1 Å². The summed E-state index contributed by atoms with van der Waals surface area (Å²) in [5, 5.41) is 0. The van der Waals surface area contributed by atoms with Gasteiger partial charge in [0.05, 0.1) is 12.9 Å². The van der Waals surface area contributed by atoms with Gasteiger partial charge in [0.1, 0.15) is 12.0 Å². The van der Waals surface area contributed by atoms with E-state index in [9.17, 15) is 0 Å². The van der Waals surface area contributed by atoms with Crippen molar-refractivity contribution in [3.8, 4) is 11.1 Å². The van der Waals surface area contributed by atoms with E-state index in [4.69, 9.17) is 0 Å². The highest BCUT2D eigenvalue weighted by atomic mass is 15.4. The van der Waals surface area contributed by atoms with Crippen LogP contribution in [0.3, 0.4) is 0 Å². The Morgan fingerprint density at radius 2 is 1.77 bits per heavy atom. The van der Waals surface area contributed by atoms with Gasteiger partial charge in [0.25, 0.3) is 0 Å². The summed E-state index contributed by atoms with van der Waals surface area (Å²) < 4.78 is 0. The predicted octanol–water partition coefficient (Wildman–Crippen LogP) is 3.69. The smallest absolute Gasteiger partial charge is 0.157 e. The first-order chi connectivity index (χ1) is 10.8. The lowest BCUT2D eigenvalue weighted by molar-refractivity contribution is 0.938. The molecule has 1 aliphatic rings. The van der Waals surface area contributed by atoms with Crippen LogP contribution in [0.2, 0.25) is 0 Å². The molecule has 22 heavy (non-hydrogen) atoms. The fourth-order valence-corrected chi connectivity index (χ4v) is 2.86. The Labute approximate surface area is 129 Å². The minimum Gasteiger partial charge on any atom is -0.340 e. The van der Waals surface area contributed by atoms with E-state index in [1.165, 1.54) is 11.1 Å². The third kappa shape index (κ3) is 2.09. The van der Waals surface area contributed by atoms with E-state index in [1.54, 1.807) is 6.33 Å². The Morgan fingerprint density at radius 1 is 0.955 bits per heavy atom. The third-order valence-corrected chi connectivity index (χ3v) is 3.94. The van der Waals surface area contributed by atoms with Gasteiger partial charge in [0, 0.05) is 12.7 Å². The molecule has 1 aliphatic heterocycles. The molecule has 1 aromatic heterocycles. The molecule has 0 spiro atoms. The van der Waals surface area contributed by atoms with E-state index < -0.39 is 0 Å². The van der Waals surface area contributed by atoms with Crippen molar-refractivity contribution in [3.05, 3.63) is 67.1 Å². The van der Waals surface area contributed by atoms with Gasteiger partial charge < -0.3 is 9.80 Å². The molecule has 0 saturated carbocycles. The quantitative estimate of drug-likeness (QED) is 0.720. The summed E-state index contributed by atoms with van der Waals surface area (Å²) in [5.41, 5.74) is 4.64. The van der Waals surface area contributed by atoms with Crippen LogP contribution in [0.4, 0.5) is 17.2 Å². The van der Waals surface area contributed by atoms with Gasteiger partial charge in [0.15, 0.2) is 5.82 Å². The minimum absolute atomic E-state index is 0.784. The highest BCUT2D eigenvalue weighted by Gasteiger charge is 2.25. The minimum atomic E-state index is 0.784. The number of anilines is 3. The Hall–Kier alpha value is -2.88. The Kier molecular flexibility index (Phi) is 3.00. The lowest BCUT2D eigenvalue weighted by atomic mass is 10.1. The van der Waals surface area contributed by atoms with Crippen LogP contribution >= 0.6 is 0 Å². The topological polar surface area (TPSA) is 32.3 Å². The molecule has 4 rings (SSSR count). The maximum absolute atomic E-state index is 4.37. The second-order valence-corrected chi connectivity index (χ2v) is 5.42. The molecule has 0 saturated heterocycles. The first-order valence-corrected chi connectivity index (χ1v) is 7.27. The molecule has 4 nitrogen and oxygen atoms in total. The second-order valence-electron chi connectivity index (χ2n) is 5.42. The second kappa shape index (κ2) is 5.15. The first-order valence-electron chi connectivity index (χ1n) is 7.27. The van der Waals surface area contributed by atoms with E-state index in [2.05, 4.69) is 68.3 Å². The molecule has 0 amide bonds. The normalized spacial score (nSPS) is 13.3. The van der Waals surface area contributed by atoms with Crippen LogP contribution in [-0.2, 0) is 0 Å². The summed E-state index contributed by atoms with van der Waals surface area (Å²) in [4.78, 5) is 12.9. The number of aromatic nitrogens is 2. The van der Waals surface area contributed by atoms with Crippen molar-refractivity contribution < 1.29 is 0 Å². The van der Waals surface area contributed by atoms with Crippen LogP contribution in [-0.4, -0.2) is 23.7 Å². The fourth-order valence-electron chi connectivity index (χ4n) is 2.86. The van der Waals surface area contributed by atoms with Gasteiger partial charge >= 0.3 is 0 Å². The highest BCUT2D eigenvalue weighted by Crippen LogP contribution is 2.38. The molecular formula is C18H16N4. The molecule has 0 aliphatic carbocycles. The zero-order valence-corrected chi connectivity index (χ0v) is 12.3. The lowest BCUT2D eigenvalue weighted by Gasteiger charge is -2.19. The molecule has 0 atom stereocenters. The van der Waals surface area contributed by atoms with Crippen molar-refractivity contribution in [2.45, 2.75) is 0 Å². The molecule has 0 radical (unpaired) electrons. The van der Waals surface area contributed by atoms with Crippen molar-refractivity contribution in [2.24, 2.45) is 0 Å². The fraction of sp³-hybridized carbons (Fsp3) is 0.111. The van der Waals surface area contributed by atoms with Crippen molar-refractivity contribution in [1.29, 1.82) is 0 Å². The third-order valence-electron chi connectivity index (χ3n) is 3.94. The molecule has 0 unspecified atom stereocenters. The molecule has 108 valence electrons. The lowest BCUT2D eigenvalue weighted by Crippen LogP contribution is -2.24. The average molecular weight is 288 g/mol. The standard InChI is InChI=1S/C18H16N4/c1-21-13-22(17-11-19-12-20-18(17)21)16-9-5-8-15(10-16)14-6-3-2-4-7-14/h2-12H,13H2,1H3. The van der Waals surface area contributed by atoms with Crippen LogP contribution in [0.1, 0.15) is 0 Å². The van der Waals surface area contributed by atoms with E-state index >= 15 is 0 Å². The number of hydrogen-bond acceptors (Lipinski definition) is 4. The van der Waals surface area contributed by atoms with Gasteiger partial charge in [-0.1, -0.05) is 42.5 Å². The molecular weight excluding hydrogens is 272 g/mol. The molecule has 0 N–H and O–H groups in total. The van der Waals surface area contributed by atoms with Crippen molar-refractivity contribution in [3.63, 3.8) is 0 Å². The van der Waals surface area contributed by atoms with Gasteiger partial charge in [-0.25, -0.2) is 9.97 Å². The number of nitrogens with zero attached hydrogens (tertiary/aromatic N) is 4. The molecule has 0 fully saturated rings. The summed E-state index contributed by atoms with van der Waals surface area (Å²) in [6.07, 6.45) is 3.47. The Morgan fingerprint density at radius 3 is 2.64 bits per heavy atom. The molecule has 4 heteroatoms. The number of rotatable bonds is 2. The van der Waals surface area contributed by atoms with E-state index in [1.807, 2.05) is 19.3 Å². The van der Waals surface area contributed by atoms with Gasteiger partial charge in [0.2, 0.25) is 0 Å². The Balaban J connectivity index is 1.76. The van der Waals surface area contributed by atoms with E-state index in [0.29, 0.717) is 0 Å². The predicted molar refractivity (Wildman–Crippen MR) is 89.3 cm³/mol. The summed E-state index contributed by atoms with van der Waals surface area (Å²) in [6, 6.07) is 19.0. The van der Waals surface area contributed by atoms with Gasteiger partial charge in [-0.05, 0) is 23.3 Å². The number of fused-ring (bicyclic) bond motifs is 1. The van der Waals surface area contributed by atoms with Crippen molar-refractivity contribution in [1.82, 2.24) is 9.97 Å². The van der Waals surface area contributed by atoms with Crippen LogP contribution in [0, 0.1) is 0 Å². The zero-order valence-electron chi connectivity index (χ0n) is 12.3. The molecule has 2 heterocycles. The Bertz CT molecular complexity index is 801. The SMILES string of the molecule is CN1CN(c2cccc(-c3ccccc3)c2)c2cncnc21. The molecule has 0 bridgehead atoms. The average Bonchev–Trinajstić information content (AvgIpc) is 2.93. The van der Waals surface area contributed by atoms with Gasteiger partial charge in [-0.15, -0.1) is 0 Å². The van der Waals surface area contributed by atoms with E-state index in [-0.39, 0.29) is 0 Å². The first kappa shape index (κ1) is 12.8. The number of hydrogen-bond donors (Lipinski definition) is 0. The summed E-state index contributed by atoms with van der Waals surface area (Å²) in [6.45, 7) is 0.784. The van der Waals surface area contributed by atoms with Gasteiger partial charge in [-0.2, -0.15) is 0 Å². The summed E-state index contributed by atoms with van der Waals surface area (Å²) in [7, 11) is 2.05. The van der Waals surface area contributed by atoms with Crippen LogP contribution in [0.5, 0.6) is 0 Å². The maximum atomic E-state index is 4.37. The summed E-state index contributed by atoms with van der Waals surface area (Å²) in [5.74, 6) is 0.972. The van der Waals surface area contributed by atoms with E-state index in [0.717, 1.165) is 23.9 Å². The maximum Gasteiger partial charge on any atom is 0.157 e. The monoisotopic (exact) mass is 288 g/mol. The van der Waals surface area contributed by atoms with Crippen molar-refractivity contribution >= 4 is 17.2 Å². The van der Waals surface area contributed by atoms with Crippen LogP contribution < -0.4 is 9.80 Å². The zero-order chi connectivity index (χ0) is 14.9. The molecule has 2 aromatic carbocycles. The number of benzene rings is 2. The highest BCUT2D eigenvalue weighted by molar-refractivity contribution is 5.80. The van der Waals surface area contributed by atoms with Gasteiger partial charge in [-0.3, -0.25) is 0 Å². The largest absolute Gasteiger partial charge is 0.340 e. The summed E-state index contributed by atoms with van der Waals surface area (Å²) >= 11 is 0.